The lowest BCUT2D eigenvalue weighted by Crippen LogP contribution is -2.57. The molecule has 1 saturated heterocycles. The first-order valence-electron chi connectivity index (χ1n) is 4.25. The molecule has 0 aliphatic carbocycles. The number of hydrogen-bond acceptors (Lipinski definition) is 9. The lowest BCUT2D eigenvalue weighted by molar-refractivity contribution is -0.261. The van der Waals surface area contributed by atoms with E-state index in [9.17, 15) is 23.4 Å². The van der Waals surface area contributed by atoms with Gasteiger partial charge < -0.3 is 14.9 Å². The van der Waals surface area contributed by atoms with Crippen molar-refractivity contribution in [3.63, 3.8) is 0 Å². The van der Waals surface area contributed by atoms with Crippen LogP contribution in [0.25, 0.3) is 0 Å². The molecule has 1 heterocycles. The van der Waals surface area contributed by atoms with Gasteiger partial charge in [-0.1, -0.05) is 0 Å². The van der Waals surface area contributed by atoms with Crippen molar-refractivity contribution in [1.82, 2.24) is 0 Å². The molecule has 17 heavy (non-hydrogen) atoms. The Bertz CT molecular complexity index is 376. The first-order chi connectivity index (χ1) is 7.76. The predicted molar refractivity (Wildman–Crippen MR) is 46.9 cm³/mol. The molecule has 0 aromatic rings. The summed E-state index contributed by atoms with van der Waals surface area (Å²) in [6.07, 6.45) is -6.97. The van der Waals surface area contributed by atoms with Crippen molar-refractivity contribution in [3.05, 3.63) is 0 Å². The van der Waals surface area contributed by atoms with Gasteiger partial charge in [0.05, 0.1) is 6.61 Å². The van der Waals surface area contributed by atoms with Gasteiger partial charge in [0.2, 0.25) is 0 Å². The minimum Gasteiger partial charge on any atom is -0.387 e. The fourth-order valence-corrected chi connectivity index (χ4v) is 1.78. The van der Waals surface area contributed by atoms with Gasteiger partial charge in [0.25, 0.3) is 0 Å². The summed E-state index contributed by atoms with van der Waals surface area (Å²) in [4.78, 5) is 14.1. The van der Waals surface area contributed by atoms with Gasteiger partial charge in [0.1, 0.15) is 18.3 Å². The highest BCUT2D eigenvalue weighted by molar-refractivity contribution is 7.80. The van der Waals surface area contributed by atoms with E-state index in [1.807, 2.05) is 0 Å². The van der Waals surface area contributed by atoms with E-state index in [0.29, 0.717) is 0 Å². The van der Waals surface area contributed by atoms with Gasteiger partial charge in [0.15, 0.2) is 6.10 Å². The highest BCUT2D eigenvalue weighted by atomic mass is 32.3. The Balaban J connectivity index is 2.72. The third-order valence-corrected chi connectivity index (χ3v) is 2.54. The summed E-state index contributed by atoms with van der Waals surface area (Å²) in [5.74, 6) is -1.36. The van der Waals surface area contributed by atoms with E-state index in [1.165, 1.54) is 0 Å². The molecule has 1 aliphatic rings. The molecule has 2 unspecified atom stereocenters. The minimum absolute atomic E-state index is 0.613. The second kappa shape index (κ2) is 5.22. The van der Waals surface area contributed by atoms with Crippen molar-refractivity contribution >= 4 is 16.4 Å². The van der Waals surface area contributed by atoms with Crippen molar-refractivity contribution in [2.24, 2.45) is 0 Å². The Morgan fingerprint density at radius 3 is 2.35 bits per heavy atom. The van der Waals surface area contributed by atoms with E-state index in [0.717, 1.165) is 0 Å². The van der Waals surface area contributed by atoms with E-state index in [-0.39, 0.29) is 0 Å². The van der Waals surface area contributed by atoms with Gasteiger partial charge in [-0.15, -0.1) is 0 Å². The summed E-state index contributed by atoms with van der Waals surface area (Å²) in [6.45, 7) is -0.613. The second-order valence-electron chi connectivity index (χ2n) is 3.21. The Morgan fingerprint density at radius 1 is 1.29 bits per heavy atom. The molecule has 1 aliphatic heterocycles. The summed E-state index contributed by atoms with van der Waals surface area (Å²) in [7, 11) is -4.84. The standard InChI is InChI=1S/C6H10O10S/c7-3-2(16-17(11,12)13)1-14-5(4(3)8)6(9)15-10/h2-5,7-8,10H,1H2,(H,11,12,13)/t2?,3-,4-,5?/m0/s1. The highest BCUT2D eigenvalue weighted by Crippen LogP contribution is 2.19. The van der Waals surface area contributed by atoms with Crippen LogP contribution in [0.2, 0.25) is 0 Å². The SMILES string of the molecule is O=C(OO)C1OCC(OS(=O)(=O)O)[C@H](O)[C@@H]1O. The summed E-state index contributed by atoms with van der Waals surface area (Å²) in [5, 5.41) is 26.8. The predicted octanol–water partition coefficient (Wildman–Crippen LogP) is -2.69. The van der Waals surface area contributed by atoms with Gasteiger partial charge >= 0.3 is 16.4 Å². The molecular weight excluding hydrogens is 264 g/mol. The van der Waals surface area contributed by atoms with Crippen molar-refractivity contribution in [2.75, 3.05) is 6.61 Å². The Hall–Kier alpha value is -0.820. The molecule has 4 N–H and O–H groups in total. The van der Waals surface area contributed by atoms with E-state index >= 15 is 0 Å². The number of hydrogen-bond donors (Lipinski definition) is 4. The number of carbonyl (C=O) groups is 1. The normalized spacial score (nSPS) is 34.4. The van der Waals surface area contributed by atoms with Crippen LogP contribution in [0.15, 0.2) is 0 Å². The van der Waals surface area contributed by atoms with Crippen LogP contribution in [0.3, 0.4) is 0 Å². The number of aliphatic hydroxyl groups is 2. The zero-order chi connectivity index (χ0) is 13.2. The molecule has 0 saturated carbocycles. The molecule has 100 valence electrons. The summed E-state index contributed by atoms with van der Waals surface area (Å²) in [6, 6.07) is 0. The fraction of sp³-hybridized carbons (Fsp3) is 0.833. The van der Waals surface area contributed by atoms with Gasteiger partial charge in [-0.25, -0.2) is 8.98 Å². The molecule has 4 atom stereocenters. The number of ether oxygens (including phenoxy) is 1. The van der Waals surface area contributed by atoms with Crippen molar-refractivity contribution in [2.45, 2.75) is 24.4 Å². The van der Waals surface area contributed by atoms with Crippen molar-refractivity contribution in [3.8, 4) is 0 Å². The highest BCUT2D eigenvalue weighted by Gasteiger charge is 2.45. The van der Waals surface area contributed by atoms with Crippen LogP contribution in [-0.2, 0) is 29.0 Å². The van der Waals surface area contributed by atoms with Crippen molar-refractivity contribution < 1.29 is 47.0 Å². The maximum absolute atomic E-state index is 10.8. The molecule has 10 nitrogen and oxygen atoms in total. The largest absolute Gasteiger partial charge is 0.397 e. The maximum Gasteiger partial charge on any atom is 0.397 e. The summed E-state index contributed by atoms with van der Waals surface area (Å²) in [5.41, 5.74) is 0. The zero-order valence-electron chi connectivity index (χ0n) is 8.16. The molecule has 0 spiro atoms. The van der Waals surface area contributed by atoms with Crippen LogP contribution < -0.4 is 0 Å². The molecule has 11 heteroatoms. The molecule has 1 fully saturated rings. The fourth-order valence-electron chi connectivity index (χ4n) is 1.29. The Kier molecular flexibility index (Phi) is 4.37. The Morgan fingerprint density at radius 2 is 1.88 bits per heavy atom. The van der Waals surface area contributed by atoms with E-state index < -0.39 is 47.4 Å². The average molecular weight is 274 g/mol. The van der Waals surface area contributed by atoms with Gasteiger partial charge in [-0.2, -0.15) is 13.7 Å². The molecule has 0 amide bonds. The zero-order valence-corrected chi connectivity index (χ0v) is 8.98. The van der Waals surface area contributed by atoms with Gasteiger partial charge in [-0.05, 0) is 0 Å². The van der Waals surface area contributed by atoms with Crippen LogP contribution in [-0.4, -0.2) is 65.4 Å². The second-order valence-corrected chi connectivity index (χ2v) is 4.26. The first-order valence-corrected chi connectivity index (χ1v) is 5.61. The number of carbonyl (C=O) groups excluding carboxylic acids is 1. The molecule has 0 bridgehead atoms. The van der Waals surface area contributed by atoms with E-state index in [2.05, 4.69) is 13.8 Å². The van der Waals surface area contributed by atoms with Crippen LogP contribution in [0.5, 0.6) is 0 Å². The number of aliphatic hydroxyl groups excluding tert-OH is 2. The quantitative estimate of drug-likeness (QED) is 0.242. The Labute approximate surface area is 95.2 Å². The minimum atomic E-state index is -4.84. The molecule has 0 aromatic heterocycles. The smallest absolute Gasteiger partial charge is 0.387 e. The van der Waals surface area contributed by atoms with Crippen LogP contribution in [0, 0.1) is 0 Å². The average Bonchev–Trinajstić information content (AvgIpc) is 2.22. The van der Waals surface area contributed by atoms with E-state index in [4.69, 9.17) is 9.81 Å². The molecule has 0 aromatic carbocycles. The van der Waals surface area contributed by atoms with Crippen molar-refractivity contribution in [1.29, 1.82) is 0 Å². The summed E-state index contributed by atoms with van der Waals surface area (Å²) < 4.78 is 37.7. The van der Waals surface area contributed by atoms with Gasteiger partial charge in [-0.3, -0.25) is 9.44 Å². The summed E-state index contributed by atoms with van der Waals surface area (Å²) >= 11 is 0. The van der Waals surface area contributed by atoms with E-state index in [1.54, 1.807) is 0 Å². The molecular formula is C6H10O10S. The monoisotopic (exact) mass is 274 g/mol. The first kappa shape index (κ1) is 14.2. The number of rotatable bonds is 3. The molecule has 1 rings (SSSR count). The topological polar surface area (TPSA) is 160 Å². The lowest BCUT2D eigenvalue weighted by atomic mass is 10.0. The maximum atomic E-state index is 10.8. The molecule has 0 radical (unpaired) electrons. The third kappa shape index (κ3) is 3.57. The third-order valence-electron chi connectivity index (χ3n) is 2.05. The lowest BCUT2D eigenvalue weighted by Gasteiger charge is -2.34. The van der Waals surface area contributed by atoms with Gasteiger partial charge in [0, 0.05) is 0 Å². The van der Waals surface area contributed by atoms with Crippen LogP contribution in [0.4, 0.5) is 0 Å². The van der Waals surface area contributed by atoms with Crippen LogP contribution in [0.1, 0.15) is 0 Å². The van der Waals surface area contributed by atoms with Crippen LogP contribution >= 0.6 is 0 Å².